The van der Waals surface area contributed by atoms with Crippen LogP contribution in [0.4, 0.5) is 5.13 Å². The third-order valence-electron chi connectivity index (χ3n) is 4.17. The monoisotopic (exact) mass is 359 g/mol. The Morgan fingerprint density at radius 2 is 2.04 bits per heavy atom. The molecular formula is C18H21N3O3S. The zero-order valence-electron chi connectivity index (χ0n) is 14.5. The first-order valence-electron chi connectivity index (χ1n) is 8.17. The zero-order chi connectivity index (χ0) is 18.0. The van der Waals surface area contributed by atoms with Gasteiger partial charge in [0.05, 0.1) is 18.4 Å². The number of ether oxygens (including phenoxy) is 1. The van der Waals surface area contributed by atoms with Crippen molar-refractivity contribution in [1.29, 1.82) is 0 Å². The SMILES string of the molecule is COc1ccccc1C(=O)N(CC(=O)Nc1nc(C)c(C)s1)C1CC1. The highest BCUT2D eigenvalue weighted by atomic mass is 32.1. The van der Waals surface area contributed by atoms with Gasteiger partial charge in [-0.2, -0.15) is 0 Å². The molecule has 0 atom stereocenters. The van der Waals surface area contributed by atoms with Crippen molar-refractivity contribution in [3.05, 3.63) is 40.4 Å². The van der Waals surface area contributed by atoms with Crippen LogP contribution in [-0.2, 0) is 4.79 Å². The van der Waals surface area contributed by atoms with Crippen LogP contribution in [0, 0.1) is 13.8 Å². The normalized spacial score (nSPS) is 13.4. The summed E-state index contributed by atoms with van der Waals surface area (Å²) >= 11 is 1.44. The summed E-state index contributed by atoms with van der Waals surface area (Å²) in [5, 5.41) is 3.36. The molecule has 2 amide bonds. The second-order valence-corrected chi connectivity index (χ2v) is 7.28. The molecule has 0 bridgehead atoms. The molecule has 25 heavy (non-hydrogen) atoms. The summed E-state index contributed by atoms with van der Waals surface area (Å²) in [5.74, 6) is 0.107. The number of para-hydroxylation sites is 1. The number of aromatic nitrogens is 1. The minimum absolute atomic E-state index is 0.0131. The van der Waals surface area contributed by atoms with Crippen molar-refractivity contribution in [1.82, 2.24) is 9.88 Å². The number of benzene rings is 1. The summed E-state index contributed by atoms with van der Waals surface area (Å²) in [4.78, 5) is 32.3. The maximum atomic E-state index is 12.9. The fraction of sp³-hybridized carbons (Fsp3) is 0.389. The van der Waals surface area contributed by atoms with Crippen molar-refractivity contribution in [2.24, 2.45) is 0 Å². The minimum Gasteiger partial charge on any atom is -0.496 e. The van der Waals surface area contributed by atoms with Crippen LogP contribution in [0.15, 0.2) is 24.3 Å². The minimum atomic E-state index is -0.233. The van der Waals surface area contributed by atoms with Gasteiger partial charge in [-0.1, -0.05) is 12.1 Å². The molecule has 1 aromatic carbocycles. The first kappa shape index (κ1) is 17.4. The number of carbonyl (C=O) groups excluding carboxylic acids is 2. The standard InChI is InChI=1S/C18H21N3O3S/c1-11-12(2)25-18(19-11)20-16(22)10-21(13-8-9-13)17(23)14-6-4-5-7-15(14)24-3/h4-7,13H,8-10H2,1-3H3,(H,19,20,22). The van der Waals surface area contributed by atoms with Gasteiger partial charge in [-0.3, -0.25) is 9.59 Å². The maximum Gasteiger partial charge on any atom is 0.258 e. The van der Waals surface area contributed by atoms with Gasteiger partial charge in [0.2, 0.25) is 5.91 Å². The first-order valence-corrected chi connectivity index (χ1v) is 8.99. The van der Waals surface area contributed by atoms with Crippen molar-refractivity contribution in [3.8, 4) is 5.75 Å². The quantitative estimate of drug-likeness (QED) is 0.861. The number of hydrogen-bond donors (Lipinski definition) is 1. The van der Waals surface area contributed by atoms with E-state index >= 15 is 0 Å². The summed E-state index contributed by atoms with van der Waals surface area (Å²) in [6.45, 7) is 3.88. The Kier molecular flexibility index (Phi) is 5.03. The van der Waals surface area contributed by atoms with Crippen LogP contribution in [0.5, 0.6) is 5.75 Å². The molecule has 1 fully saturated rings. The number of carbonyl (C=O) groups is 2. The van der Waals surface area contributed by atoms with Crippen molar-refractivity contribution in [2.45, 2.75) is 32.7 Å². The molecule has 0 aliphatic heterocycles. The number of anilines is 1. The summed E-state index contributed by atoms with van der Waals surface area (Å²) in [7, 11) is 1.54. The summed E-state index contributed by atoms with van der Waals surface area (Å²) in [6.07, 6.45) is 1.84. The molecule has 0 saturated heterocycles. The van der Waals surface area contributed by atoms with E-state index in [1.807, 2.05) is 19.9 Å². The van der Waals surface area contributed by atoms with Gasteiger partial charge in [0.1, 0.15) is 12.3 Å². The number of nitrogens with zero attached hydrogens (tertiary/aromatic N) is 2. The van der Waals surface area contributed by atoms with Crippen molar-refractivity contribution < 1.29 is 14.3 Å². The van der Waals surface area contributed by atoms with Gasteiger partial charge < -0.3 is 15.0 Å². The molecule has 1 aliphatic rings. The van der Waals surface area contributed by atoms with Crippen LogP contribution in [0.2, 0.25) is 0 Å². The predicted octanol–water partition coefficient (Wildman–Crippen LogP) is 3.01. The highest BCUT2D eigenvalue weighted by Crippen LogP contribution is 2.30. The van der Waals surface area contributed by atoms with Crippen LogP contribution < -0.4 is 10.1 Å². The van der Waals surface area contributed by atoms with E-state index in [0.717, 1.165) is 23.4 Å². The summed E-state index contributed by atoms with van der Waals surface area (Å²) in [5.41, 5.74) is 1.38. The molecule has 1 N–H and O–H groups in total. The second-order valence-electron chi connectivity index (χ2n) is 6.07. The Bertz CT molecular complexity index is 779. The van der Waals surface area contributed by atoms with Gasteiger partial charge in [0.15, 0.2) is 5.13 Å². The van der Waals surface area contributed by atoms with Gasteiger partial charge in [-0.05, 0) is 38.8 Å². The fourth-order valence-corrected chi connectivity index (χ4v) is 3.40. The number of thiazole rings is 1. The molecule has 3 rings (SSSR count). The average molecular weight is 359 g/mol. The molecule has 6 nitrogen and oxygen atoms in total. The molecule has 132 valence electrons. The highest BCUT2D eigenvalue weighted by Gasteiger charge is 2.35. The van der Waals surface area contributed by atoms with Gasteiger partial charge in [-0.25, -0.2) is 4.98 Å². The Hall–Kier alpha value is -2.41. The Morgan fingerprint density at radius 3 is 2.64 bits per heavy atom. The largest absolute Gasteiger partial charge is 0.496 e. The van der Waals surface area contributed by atoms with E-state index in [2.05, 4.69) is 10.3 Å². The predicted molar refractivity (Wildman–Crippen MR) is 97.3 cm³/mol. The van der Waals surface area contributed by atoms with Gasteiger partial charge >= 0.3 is 0 Å². The molecule has 7 heteroatoms. The number of amides is 2. The van der Waals surface area contributed by atoms with Gasteiger partial charge in [0.25, 0.3) is 5.91 Å². The van der Waals surface area contributed by atoms with Crippen molar-refractivity contribution in [2.75, 3.05) is 19.0 Å². The number of aryl methyl sites for hydroxylation is 2. The van der Waals surface area contributed by atoms with Crippen molar-refractivity contribution in [3.63, 3.8) is 0 Å². The highest BCUT2D eigenvalue weighted by molar-refractivity contribution is 7.15. The topological polar surface area (TPSA) is 71.5 Å². The lowest BCUT2D eigenvalue weighted by molar-refractivity contribution is -0.117. The molecule has 1 saturated carbocycles. The third-order valence-corrected chi connectivity index (χ3v) is 5.16. The lowest BCUT2D eigenvalue weighted by Crippen LogP contribution is -2.39. The summed E-state index contributed by atoms with van der Waals surface area (Å²) in [6, 6.07) is 7.20. The summed E-state index contributed by atoms with van der Waals surface area (Å²) < 4.78 is 5.28. The third kappa shape index (κ3) is 3.99. The van der Waals surface area contributed by atoms with Gasteiger partial charge in [0, 0.05) is 10.9 Å². The Labute approximate surface area is 150 Å². The first-order chi connectivity index (χ1) is 12.0. The molecule has 0 unspecified atom stereocenters. The van der Waals surface area contributed by atoms with E-state index in [1.165, 1.54) is 18.4 Å². The van der Waals surface area contributed by atoms with E-state index in [0.29, 0.717) is 16.4 Å². The Balaban J connectivity index is 1.73. The van der Waals surface area contributed by atoms with Gasteiger partial charge in [-0.15, -0.1) is 11.3 Å². The maximum absolute atomic E-state index is 12.9. The van der Waals surface area contributed by atoms with E-state index in [-0.39, 0.29) is 24.4 Å². The fourth-order valence-electron chi connectivity index (χ4n) is 2.57. The molecule has 0 spiro atoms. The number of methoxy groups -OCH3 is 1. The second kappa shape index (κ2) is 7.23. The number of hydrogen-bond acceptors (Lipinski definition) is 5. The lowest BCUT2D eigenvalue weighted by atomic mass is 10.1. The van der Waals surface area contributed by atoms with E-state index in [9.17, 15) is 9.59 Å². The van der Waals surface area contributed by atoms with Crippen molar-refractivity contribution >= 4 is 28.3 Å². The molecule has 2 aromatic rings. The van der Waals surface area contributed by atoms with E-state index in [4.69, 9.17) is 4.74 Å². The van der Waals surface area contributed by atoms with E-state index in [1.54, 1.807) is 23.1 Å². The van der Waals surface area contributed by atoms with Crippen LogP contribution in [0.1, 0.15) is 33.8 Å². The van der Waals surface area contributed by atoms with Crippen LogP contribution >= 0.6 is 11.3 Å². The molecule has 0 radical (unpaired) electrons. The smallest absolute Gasteiger partial charge is 0.258 e. The van der Waals surface area contributed by atoms with Crippen LogP contribution in [0.3, 0.4) is 0 Å². The molecular weight excluding hydrogens is 338 g/mol. The lowest BCUT2D eigenvalue weighted by Gasteiger charge is -2.22. The molecule has 1 aliphatic carbocycles. The number of nitrogens with one attached hydrogen (secondary N) is 1. The molecule has 1 heterocycles. The van der Waals surface area contributed by atoms with Crippen LogP contribution in [0.25, 0.3) is 0 Å². The molecule has 1 aromatic heterocycles. The zero-order valence-corrected chi connectivity index (χ0v) is 15.4. The Morgan fingerprint density at radius 1 is 1.32 bits per heavy atom. The average Bonchev–Trinajstić information content (AvgIpc) is 3.38. The van der Waals surface area contributed by atoms with E-state index < -0.39 is 0 Å². The number of rotatable bonds is 6. The van der Waals surface area contributed by atoms with Crippen LogP contribution in [-0.4, -0.2) is 41.4 Å².